The van der Waals surface area contributed by atoms with Gasteiger partial charge in [-0.05, 0) is 60.7 Å². The standard InChI is InChI=1S/C30H16Cl4N4O4S/c31-16-5-7-21(19(33)11-16)36-30-38(22-8-6-17(32)12-20(22)34)27-26(43-30)25(18(13-35)28(39)37-27)24-10-9-23(42-24)14-1-3-15(4-2-14)29(40)41/h1-12,18,25H,(H,37,39)(H,40,41). The molecule has 0 spiro atoms. The SMILES string of the molecule is N#CC1C(=O)Nc2c(sc(=Nc3ccc(Cl)cc3Cl)n2-c2ccc(Cl)cc2Cl)C1c1ccc(-c2ccc(C(=O)O)cc2)o1. The Morgan fingerprint density at radius 3 is 2.33 bits per heavy atom. The maximum Gasteiger partial charge on any atom is 0.335 e. The molecule has 214 valence electrons. The summed E-state index contributed by atoms with van der Waals surface area (Å²) < 4.78 is 7.88. The number of amides is 1. The second-order valence-corrected chi connectivity index (χ2v) is 12.1. The van der Waals surface area contributed by atoms with Crippen molar-refractivity contribution in [3.05, 3.63) is 114 Å². The molecular weight excluding hydrogens is 654 g/mol. The molecule has 0 fully saturated rings. The molecule has 2 unspecified atom stereocenters. The minimum Gasteiger partial charge on any atom is -0.478 e. The lowest BCUT2D eigenvalue weighted by molar-refractivity contribution is -0.119. The van der Waals surface area contributed by atoms with Gasteiger partial charge < -0.3 is 14.8 Å². The summed E-state index contributed by atoms with van der Waals surface area (Å²) in [6, 6.07) is 21.5. The number of benzene rings is 3. The molecule has 6 rings (SSSR count). The second-order valence-electron chi connectivity index (χ2n) is 9.39. The molecule has 1 aliphatic heterocycles. The highest BCUT2D eigenvalue weighted by molar-refractivity contribution is 7.10. The van der Waals surface area contributed by atoms with Crippen LogP contribution in [0.2, 0.25) is 20.1 Å². The minimum absolute atomic E-state index is 0.134. The van der Waals surface area contributed by atoms with Gasteiger partial charge in [-0.2, -0.15) is 5.26 Å². The number of thiazole rings is 1. The monoisotopic (exact) mass is 668 g/mol. The van der Waals surface area contributed by atoms with Crippen LogP contribution in [0.3, 0.4) is 0 Å². The van der Waals surface area contributed by atoms with E-state index in [1.54, 1.807) is 65.2 Å². The third kappa shape index (κ3) is 5.44. The maximum absolute atomic E-state index is 13.4. The molecule has 0 radical (unpaired) electrons. The van der Waals surface area contributed by atoms with E-state index < -0.39 is 23.7 Å². The molecule has 0 saturated carbocycles. The fraction of sp³-hybridized carbons (Fsp3) is 0.0667. The van der Waals surface area contributed by atoms with Crippen LogP contribution < -0.4 is 10.1 Å². The van der Waals surface area contributed by atoms with Gasteiger partial charge in [0.15, 0.2) is 4.80 Å². The number of aromatic carboxylic acids is 1. The minimum atomic E-state index is -1.12. The fourth-order valence-corrected chi connectivity index (χ4v) is 6.92. The van der Waals surface area contributed by atoms with E-state index in [9.17, 15) is 20.0 Å². The molecule has 0 saturated heterocycles. The van der Waals surface area contributed by atoms with Gasteiger partial charge in [0.05, 0.1) is 43.8 Å². The van der Waals surface area contributed by atoms with E-state index in [0.717, 1.165) is 0 Å². The highest BCUT2D eigenvalue weighted by Gasteiger charge is 2.42. The van der Waals surface area contributed by atoms with E-state index in [4.69, 9.17) is 55.8 Å². The second kappa shape index (κ2) is 11.6. The topological polar surface area (TPSA) is 121 Å². The van der Waals surface area contributed by atoms with Crippen LogP contribution in [0.25, 0.3) is 17.0 Å². The van der Waals surface area contributed by atoms with Gasteiger partial charge in [0.25, 0.3) is 0 Å². The van der Waals surface area contributed by atoms with Crippen molar-refractivity contribution in [2.24, 2.45) is 10.9 Å². The third-order valence-corrected chi connectivity index (χ3v) is 8.95. The number of carbonyl (C=O) groups is 2. The largest absolute Gasteiger partial charge is 0.478 e. The molecule has 1 aliphatic rings. The summed E-state index contributed by atoms with van der Waals surface area (Å²) in [5, 5.41) is 23.7. The quantitative estimate of drug-likeness (QED) is 0.194. The summed E-state index contributed by atoms with van der Waals surface area (Å²) in [5.74, 6) is -2.32. The molecule has 1 amide bonds. The first-order chi connectivity index (χ1) is 20.6. The lowest BCUT2D eigenvalue weighted by atomic mass is 9.86. The van der Waals surface area contributed by atoms with Crippen LogP contribution in [0.5, 0.6) is 0 Å². The van der Waals surface area contributed by atoms with Crippen molar-refractivity contribution in [2.45, 2.75) is 5.92 Å². The van der Waals surface area contributed by atoms with E-state index in [0.29, 0.717) is 64.0 Å². The summed E-state index contributed by atoms with van der Waals surface area (Å²) in [5.41, 5.74) is 1.68. The van der Waals surface area contributed by atoms with E-state index in [-0.39, 0.29) is 5.56 Å². The normalized spacial score (nSPS) is 16.4. The zero-order chi connectivity index (χ0) is 30.4. The van der Waals surface area contributed by atoms with E-state index >= 15 is 0 Å². The highest BCUT2D eigenvalue weighted by atomic mass is 35.5. The molecule has 0 bridgehead atoms. The average molecular weight is 670 g/mol. The predicted molar refractivity (Wildman–Crippen MR) is 166 cm³/mol. The Balaban J connectivity index is 1.56. The van der Waals surface area contributed by atoms with Crippen molar-refractivity contribution in [2.75, 3.05) is 5.32 Å². The number of rotatable bonds is 5. The molecule has 43 heavy (non-hydrogen) atoms. The fourth-order valence-electron chi connectivity index (χ4n) is 4.74. The molecule has 5 aromatic rings. The zero-order valence-corrected chi connectivity index (χ0v) is 25.4. The summed E-state index contributed by atoms with van der Waals surface area (Å²) in [4.78, 5) is 30.4. The molecule has 2 N–H and O–H groups in total. The van der Waals surface area contributed by atoms with Crippen molar-refractivity contribution >= 4 is 81.1 Å². The summed E-state index contributed by atoms with van der Waals surface area (Å²) in [6.07, 6.45) is 0. The smallest absolute Gasteiger partial charge is 0.335 e. The molecule has 2 aromatic heterocycles. The first kappa shape index (κ1) is 29.1. The summed E-state index contributed by atoms with van der Waals surface area (Å²) in [6.45, 7) is 0. The molecule has 3 aromatic carbocycles. The number of halogens is 4. The van der Waals surface area contributed by atoms with Crippen molar-refractivity contribution in [3.8, 4) is 23.1 Å². The van der Waals surface area contributed by atoms with Crippen LogP contribution in [0, 0.1) is 17.2 Å². The van der Waals surface area contributed by atoms with Gasteiger partial charge in [-0.1, -0.05) is 69.9 Å². The predicted octanol–water partition coefficient (Wildman–Crippen LogP) is 8.57. The number of anilines is 1. The Labute approximate surface area is 268 Å². The Morgan fingerprint density at radius 1 is 0.977 bits per heavy atom. The number of hydrogen-bond acceptors (Lipinski definition) is 6. The van der Waals surface area contributed by atoms with Gasteiger partial charge in [0, 0.05) is 15.6 Å². The number of carboxylic acids is 1. The molecule has 13 heteroatoms. The number of nitrogens with one attached hydrogen (secondary N) is 1. The molecule has 3 heterocycles. The third-order valence-electron chi connectivity index (χ3n) is 6.75. The lowest BCUT2D eigenvalue weighted by Crippen LogP contribution is -2.33. The van der Waals surface area contributed by atoms with Crippen LogP contribution in [-0.4, -0.2) is 21.6 Å². The Kier molecular flexibility index (Phi) is 7.81. The van der Waals surface area contributed by atoms with Crippen molar-refractivity contribution in [1.82, 2.24) is 4.57 Å². The number of furan rings is 1. The van der Waals surface area contributed by atoms with Crippen LogP contribution in [-0.2, 0) is 4.79 Å². The van der Waals surface area contributed by atoms with E-state index in [1.807, 2.05) is 0 Å². The number of nitrogens with zero attached hydrogens (tertiary/aromatic N) is 3. The first-order valence-electron chi connectivity index (χ1n) is 12.5. The van der Waals surface area contributed by atoms with Crippen LogP contribution in [0.15, 0.2) is 82.2 Å². The summed E-state index contributed by atoms with van der Waals surface area (Å²) in [7, 11) is 0. The number of carboxylic acid groups (broad SMARTS) is 1. The van der Waals surface area contributed by atoms with Crippen LogP contribution in [0.1, 0.15) is 26.9 Å². The van der Waals surface area contributed by atoms with E-state index in [1.165, 1.54) is 23.5 Å². The van der Waals surface area contributed by atoms with Crippen LogP contribution >= 0.6 is 57.7 Å². The van der Waals surface area contributed by atoms with Gasteiger partial charge in [-0.25, -0.2) is 9.79 Å². The van der Waals surface area contributed by atoms with Gasteiger partial charge in [0.1, 0.15) is 23.3 Å². The first-order valence-corrected chi connectivity index (χ1v) is 14.8. The Hall–Kier alpha value is -4.04. The zero-order valence-electron chi connectivity index (χ0n) is 21.5. The van der Waals surface area contributed by atoms with Gasteiger partial charge in [-0.3, -0.25) is 9.36 Å². The molecule has 2 atom stereocenters. The molecular formula is C30H16Cl4N4O4S. The highest BCUT2D eigenvalue weighted by Crippen LogP contribution is 2.45. The Morgan fingerprint density at radius 2 is 1.67 bits per heavy atom. The summed E-state index contributed by atoms with van der Waals surface area (Å²) >= 11 is 26.6. The number of nitriles is 1. The van der Waals surface area contributed by atoms with Gasteiger partial charge >= 0.3 is 5.97 Å². The van der Waals surface area contributed by atoms with Crippen molar-refractivity contribution in [1.29, 1.82) is 5.26 Å². The van der Waals surface area contributed by atoms with Gasteiger partial charge in [-0.15, -0.1) is 0 Å². The number of carbonyl (C=O) groups excluding carboxylic acids is 1. The average Bonchev–Trinajstić information content (AvgIpc) is 3.59. The lowest BCUT2D eigenvalue weighted by Gasteiger charge is -2.26. The van der Waals surface area contributed by atoms with E-state index in [2.05, 4.69) is 11.4 Å². The maximum atomic E-state index is 13.4. The van der Waals surface area contributed by atoms with Gasteiger partial charge in [0.2, 0.25) is 5.91 Å². The molecule has 8 nitrogen and oxygen atoms in total. The van der Waals surface area contributed by atoms with Crippen LogP contribution in [0.4, 0.5) is 11.5 Å². The van der Waals surface area contributed by atoms with Crippen molar-refractivity contribution < 1.29 is 19.1 Å². The number of aromatic nitrogens is 1. The number of hydrogen-bond donors (Lipinski definition) is 2. The number of fused-ring (bicyclic) bond motifs is 1. The Bertz CT molecular complexity index is 2040. The molecule has 0 aliphatic carbocycles. The van der Waals surface area contributed by atoms with Crippen molar-refractivity contribution in [3.63, 3.8) is 0 Å².